The van der Waals surface area contributed by atoms with Crippen molar-refractivity contribution in [3.63, 3.8) is 0 Å². The summed E-state index contributed by atoms with van der Waals surface area (Å²) >= 11 is 4.86. The minimum atomic E-state index is -0.146. The standard InChI is InChI=1S/C15H22N4OS/c1-10(2)19-6-5-11(9-19)7-18-15(20)13-4-3-12(8-17-13)14(16)21/h3-4,8,10-11H,5-7,9H2,1-2H3,(H2,16,21)(H,18,20). The lowest BCUT2D eigenvalue weighted by atomic mass is 10.1. The second-order valence-electron chi connectivity index (χ2n) is 5.75. The van der Waals surface area contributed by atoms with Crippen LogP contribution < -0.4 is 11.1 Å². The zero-order valence-corrected chi connectivity index (χ0v) is 13.3. The molecule has 1 atom stereocenters. The van der Waals surface area contributed by atoms with Gasteiger partial charge in [-0.25, -0.2) is 0 Å². The van der Waals surface area contributed by atoms with Gasteiger partial charge in [0.15, 0.2) is 0 Å². The van der Waals surface area contributed by atoms with E-state index in [2.05, 4.69) is 29.0 Å². The molecular formula is C15H22N4OS. The number of nitrogens with zero attached hydrogens (tertiary/aromatic N) is 2. The first-order valence-corrected chi connectivity index (χ1v) is 7.66. The fourth-order valence-corrected chi connectivity index (χ4v) is 2.62. The minimum Gasteiger partial charge on any atom is -0.389 e. The van der Waals surface area contributed by atoms with Crippen molar-refractivity contribution < 1.29 is 4.79 Å². The van der Waals surface area contributed by atoms with E-state index in [4.69, 9.17) is 18.0 Å². The Hall–Kier alpha value is -1.53. The Morgan fingerprint density at radius 2 is 2.33 bits per heavy atom. The minimum absolute atomic E-state index is 0.146. The first kappa shape index (κ1) is 15.9. The van der Waals surface area contributed by atoms with Crippen LogP contribution in [0.3, 0.4) is 0 Å². The van der Waals surface area contributed by atoms with Gasteiger partial charge < -0.3 is 16.0 Å². The second-order valence-corrected chi connectivity index (χ2v) is 6.19. The molecule has 0 radical (unpaired) electrons. The number of aromatic nitrogens is 1. The smallest absolute Gasteiger partial charge is 0.269 e. The fourth-order valence-electron chi connectivity index (χ4n) is 2.50. The second kappa shape index (κ2) is 6.95. The van der Waals surface area contributed by atoms with Gasteiger partial charge in [0, 0.05) is 30.9 Å². The molecule has 2 rings (SSSR count). The zero-order chi connectivity index (χ0) is 15.4. The SMILES string of the molecule is CC(C)N1CCC(CNC(=O)c2ccc(C(N)=S)cn2)C1. The third-order valence-corrected chi connectivity index (χ3v) is 4.12. The van der Waals surface area contributed by atoms with Crippen LogP contribution in [0.2, 0.25) is 0 Å². The maximum Gasteiger partial charge on any atom is 0.269 e. The van der Waals surface area contributed by atoms with E-state index in [1.807, 2.05) is 0 Å². The van der Waals surface area contributed by atoms with Crippen LogP contribution in [-0.2, 0) is 0 Å². The summed E-state index contributed by atoms with van der Waals surface area (Å²) in [6.07, 6.45) is 2.67. The van der Waals surface area contributed by atoms with Gasteiger partial charge in [-0.15, -0.1) is 0 Å². The molecule has 1 fully saturated rings. The molecule has 0 aromatic carbocycles. The first-order valence-electron chi connectivity index (χ1n) is 7.25. The Morgan fingerprint density at radius 3 is 2.86 bits per heavy atom. The summed E-state index contributed by atoms with van der Waals surface area (Å²) in [5.74, 6) is 0.375. The van der Waals surface area contributed by atoms with Crippen molar-refractivity contribution in [1.29, 1.82) is 0 Å². The van der Waals surface area contributed by atoms with E-state index in [9.17, 15) is 4.79 Å². The number of nitrogens with one attached hydrogen (secondary N) is 1. The molecule has 6 heteroatoms. The molecule has 3 N–H and O–H groups in total. The van der Waals surface area contributed by atoms with E-state index in [0.29, 0.717) is 29.8 Å². The molecule has 5 nitrogen and oxygen atoms in total. The van der Waals surface area contributed by atoms with Gasteiger partial charge in [-0.2, -0.15) is 0 Å². The largest absolute Gasteiger partial charge is 0.389 e. The van der Waals surface area contributed by atoms with Crippen LogP contribution in [0.25, 0.3) is 0 Å². The maximum atomic E-state index is 12.0. The van der Waals surface area contributed by atoms with Crippen LogP contribution in [0.5, 0.6) is 0 Å². The average molecular weight is 306 g/mol. The molecule has 1 amide bonds. The van der Waals surface area contributed by atoms with Crippen LogP contribution in [0.4, 0.5) is 0 Å². The van der Waals surface area contributed by atoms with Crippen molar-refractivity contribution in [2.24, 2.45) is 11.7 Å². The average Bonchev–Trinajstić information content (AvgIpc) is 2.94. The molecule has 0 aliphatic carbocycles. The molecule has 21 heavy (non-hydrogen) atoms. The lowest BCUT2D eigenvalue weighted by Crippen LogP contribution is -2.33. The number of hydrogen-bond donors (Lipinski definition) is 2. The number of amides is 1. The molecule has 1 unspecified atom stereocenters. The van der Waals surface area contributed by atoms with Crippen LogP contribution in [-0.4, -0.2) is 46.5 Å². The van der Waals surface area contributed by atoms with Crippen LogP contribution in [0, 0.1) is 5.92 Å². The van der Waals surface area contributed by atoms with Crippen molar-refractivity contribution in [1.82, 2.24) is 15.2 Å². The summed E-state index contributed by atoms with van der Waals surface area (Å²) in [6.45, 7) is 7.26. The Morgan fingerprint density at radius 1 is 1.57 bits per heavy atom. The van der Waals surface area contributed by atoms with Gasteiger partial charge in [0.2, 0.25) is 0 Å². The van der Waals surface area contributed by atoms with Crippen LogP contribution in [0.15, 0.2) is 18.3 Å². The molecule has 0 saturated carbocycles. The molecular weight excluding hydrogens is 284 g/mol. The lowest BCUT2D eigenvalue weighted by Gasteiger charge is -2.20. The van der Waals surface area contributed by atoms with E-state index in [-0.39, 0.29) is 10.9 Å². The summed E-state index contributed by atoms with van der Waals surface area (Å²) in [4.78, 5) is 18.9. The van der Waals surface area contributed by atoms with E-state index in [1.54, 1.807) is 12.1 Å². The van der Waals surface area contributed by atoms with E-state index in [0.717, 1.165) is 19.5 Å². The summed E-state index contributed by atoms with van der Waals surface area (Å²) in [5.41, 5.74) is 6.57. The monoisotopic (exact) mass is 306 g/mol. The topological polar surface area (TPSA) is 71.2 Å². The molecule has 1 aromatic rings. The number of likely N-dealkylation sites (tertiary alicyclic amines) is 1. The van der Waals surface area contributed by atoms with Gasteiger partial charge in [-0.05, 0) is 44.9 Å². The van der Waals surface area contributed by atoms with Crippen molar-refractivity contribution in [2.45, 2.75) is 26.3 Å². The quantitative estimate of drug-likeness (QED) is 0.799. The third-order valence-electron chi connectivity index (χ3n) is 3.88. The number of hydrogen-bond acceptors (Lipinski definition) is 4. The van der Waals surface area contributed by atoms with Gasteiger partial charge in [0.25, 0.3) is 5.91 Å². The highest BCUT2D eigenvalue weighted by atomic mass is 32.1. The number of thiocarbonyl (C=S) groups is 1. The highest BCUT2D eigenvalue weighted by molar-refractivity contribution is 7.80. The number of carbonyl (C=O) groups is 1. The predicted molar refractivity (Wildman–Crippen MR) is 87.3 cm³/mol. The Kier molecular flexibility index (Phi) is 5.25. The first-order chi connectivity index (χ1) is 9.97. The Labute approximate surface area is 130 Å². The molecule has 114 valence electrons. The van der Waals surface area contributed by atoms with Gasteiger partial charge in [-0.1, -0.05) is 12.2 Å². The van der Waals surface area contributed by atoms with E-state index in [1.165, 1.54) is 6.20 Å². The van der Waals surface area contributed by atoms with Crippen LogP contribution in [0.1, 0.15) is 36.3 Å². The molecule has 1 aliphatic heterocycles. The van der Waals surface area contributed by atoms with Crippen molar-refractivity contribution in [2.75, 3.05) is 19.6 Å². The Bertz CT molecular complexity index is 515. The summed E-state index contributed by atoms with van der Waals surface area (Å²) in [5, 5.41) is 2.96. The van der Waals surface area contributed by atoms with E-state index < -0.39 is 0 Å². The normalized spacial score (nSPS) is 18.9. The van der Waals surface area contributed by atoms with Gasteiger partial charge in [0.05, 0.1) is 0 Å². The highest BCUT2D eigenvalue weighted by Gasteiger charge is 2.24. The summed E-state index contributed by atoms with van der Waals surface area (Å²) < 4.78 is 0. The molecule has 1 saturated heterocycles. The fraction of sp³-hybridized carbons (Fsp3) is 0.533. The number of rotatable bonds is 5. The summed E-state index contributed by atoms with van der Waals surface area (Å²) in [7, 11) is 0. The molecule has 0 spiro atoms. The van der Waals surface area contributed by atoms with Crippen LogP contribution >= 0.6 is 12.2 Å². The lowest BCUT2D eigenvalue weighted by molar-refractivity contribution is 0.0942. The number of pyridine rings is 1. The Balaban J connectivity index is 1.83. The van der Waals surface area contributed by atoms with Crippen molar-refractivity contribution >= 4 is 23.1 Å². The number of carbonyl (C=O) groups excluding carboxylic acids is 1. The van der Waals surface area contributed by atoms with Crippen molar-refractivity contribution in [3.8, 4) is 0 Å². The molecule has 2 heterocycles. The zero-order valence-electron chi connectivity index (χ0n) is 12.5. The number of nitrogens with two attached hydrogens (primary N) is 1. The summed E-state index contributed by atoms with van der Waals surface area (Å²) in [6, 6.07) is 3.94. The van der Waals surface area contributed by atoms with Gasteiger partial charge in [0.1, 0.15) is 10.7 Å². The molecule has 1 aliphatic rings. The van der Waals surface area contributed by atoms with Gasteiger partial charge in [-0.3, -0.25) is 9.78 Å². The highest BCUT2D eigenvalue weighted by Crippen LogP contribution is 2.17. The molecule has 1 aromatic heterocycles. The maximum absolute atomic E-state index is 12.0. The van der Waals surface area contributed by atoms with Crippen molar-refractivity contribution in [3.05, 3.63) is 29.6 Å². The predicted octanol–water partition coefficient (Wildman–Crippen LogP) is 1.18. The van der Waals surface area contributed by atoms with Gasteiger partial charge >= 0.3 is 0 Å². The molecule has 0 bridgehead atoms. The van der Waals surface area contributed by atoms with E-state index >= 15 is 0 Å². The third kappa shape index (κ3) is 4.22.